The molecule has 0 aliphatic carbocycles. The lowest BCUT2D eigenvalue weighted by atomic mass is 10.1. The molecule has 0 spiro atoms. The first-order valence-electron chi connectivity index (χ1n) is 11.1. The van der Waals surface area contributed by atoms with E-state index in [1.165, 1.54) is 18.8 Å². The molecule has 0 saturated carbocycles. The highest BCUT2D eigenvalue weighted by Crippen LogP contribution is 2.29. The number of para-hydroxylation sites is 4. The molecule has 4 aromatic rings. The van der Waals surface area contributed by atoms with Crippen LogP contribution in [-0.2, 0) is 11.2 Å². The number of anilines is 1. The zero-order valence-corrected chi connectivity index (χ0v) is 20.6. The molecular formula is C27H25N3O5S. The van der Waals surface area contributed by atoms with E-state index in [9.17, 15) is 14.7 Å². The fourth-order valence-corrected chi connectivity index (χ4v) is 4.46. The number of rotatable bonds is 9. The number of benzene rings is 3. The van der Waals surface area contributed by atoms with Crippen LogP contribution < -0.4 is 20.3 Å². The number of carbonyl (C=O) groups is 1. The Labute approximate surface area is 212 Å². The van der Waals surface area contributed by atoms with Gasteiger partial charge in [-0.05, 0) is 29.8 Å². The topological polar surface area (TPSA) is 103 Å². The summed E-state index contributed by atoms with van der Waals surface area (Å²) in [5.74, 6) is 0.235. The van der Waals surface area contributed by atoms with Crippen LogP contribution in [0, 0.1) is 0 Å². The van der Waals surface area contributed by atoms with Crippen LogP contribution in [0.2, 0.25) is 0 Å². The maximum absolute atomic E-state index is 13.7. The summed E-state index contributed by atoms with van der Waals surface area (Å²) >= 11 is 1.03. The Kier molecular flexibility index (Phi) is 7.92. The van der Waals surface area contributed by atoms with Gasteiger partial charge >= 0.3 is 0 Å². The summed E-state index contributed by atoms with van der Waals surface area (Å²) in [4.78, 5) is 30.7. The van der Waals surface area contributed by atoms with Crippen molar-refractivity contribution in [3.63, 3.8) is 0 Å². The van der Waals surface area contributed by atoms with Gasteiger partial charge in [0, 0.05) is 6.42 Å². The van der Waals surface area contributed by atoms with Gasteiger partial charge in [-0.25, -0.2) is 0 Å². The van der Waals surface area contributed by atoms with Gasteiger partial charge < -0.3 is 19.9 Å². The number of hydrogen-bond acceptors (Lipinski definition) is 7. The van der Waals surface area contributed by atoms with Gasteiger partial charge in [0.1, 0.15) is 11.5 Å². The summed E-state index contributed by atoms with van der Waals surface area (Å²) < 4.78 is 12.1. The lowest BCUT2D eigenvalue weighted by Crippen LogP contribution is -2.26. The molecule has 0 bridgehead atoms. The SMILES string of the molecule is COc1ccccc1NC(=O)CSc1nc(O)c(Cc2ccccc2)c(=O)n1-c1ccccc1OC. The number of methoxy groups -OCH3 is 2. The number of hydrogen-bond donors (Lipinski definition) is 2. The molecule has 0 radical (unpaired) electrons. The fourth-order valence-electron chi connectivity index (χ4n) is 3.67. The Morgan fingerprint density at radius 2 is 1.58 bits per heavy atom. The number of ether oxygens (including phenoxy) is 2. The van der Waals surface area contributed by atoms with E-state index in [4.69, 9.17) is 9.47 Å². The van der Waals surface area contributed by atoms with Crippen molar-refractivity contribution in [2.24, 2.45) is 0 Å². The number of amides is 1. The second-order valence-electron chi connectivity index (χ2n) is 7.71. The predicted octanol–water partition coefficient (Wildman–Crippen LogP) is 4.28. The Hall–Kier alpha value is -4.24. The predicted molar refractivity (Wildman–Crippen MR) is 140 cm³/mol. The van der Waals surface area contributed by atoms with Gasteiger partial charge in [-0.15, -0.1) is 0 Å². The third kappa shape index (κ3) is 5.52. The summed E-state index contributed by atoms with van der Waals surface area (Å²) in [7, 11) is 3.03. The van der Waals surface area contributed by atoms with E-state index in [-0.39, 0.29) is 34.7 Å². The van der Waals surface area contributed by atoms with Gasteiger partial charge in [0.2, 0.25) is 11.8 Å². The van der Waals surface area contributed by atoms with Crippen molar-refractivity contribution in [3.05, 3.63) is 100 Å². The van der Waals surface area contributed by atoms with Crippen LogP contribution >= 0.6 is 11.8 Å². The molecule has 8 nitrogen and oxygen atoms in total. The lowest BCUT2D eigenvalue weighted by molar-refractivity contribution is -0.113. The second-order valence-corrected chi connectivity index (χ2v) is 8.65. The number of aromatic hydroxyl groups is 1. The monoisotopic (exact) mass is 503 g/mol. The van der Waals surface area contributed by atoms with Gasteiger partial charge in [-0.3, -0.25) is 14.2 Å². The highest BCUT2D eigenvalue weighted by atomic mass is 32.2. The summed E-state index contributed by atoms with van der Waals surface area (Å²) in [5, 5.41) is 13.7. The van der Waals surface area contributed by atoms with Crippen molar-refractivity contribution >= 4 is 23.4 Å². The molecule has 9 heteroatoms. The average Bonchev–Trinajstić information content (AvgIpc) is 2.90. The first kappa shape index (κ1) is 24.9. The van der Waals surface area contributed by atoms with Crippen LogP contribution in [0.3, 0.4) is 0 Å². The quantitative estimate of drug-likeness (QED) is 0.260. The Morgan fingerprint density at radius 1 is 0.944 bits per heavy atom. The molecule has 1 aromatic heterocycles. The average molecular weight is 504 g/mol. The molecule has 1 amide bonds. The molecule has 4 rings (SSSR count). The van der Waals surface area contributed by atoms with Gasteiger partial charge in [-0.2, -0.15) is 4.98 Å². The molecule has 0 unspecified atom stereocenters. The highest BCUT2D eigenvalue weighted by molar-refractivity contribution is 7.99. The van der Waals surface area contributed by atoms with E-state index >= 15 is 0 Å². The van der Waals surface area contributed by atoms with Crippen LogP contribution in [0.15, 0.2) is 88.8 Å². The summed E-state index contributed by atoms with van der Waals surface area (Å²) in [6, 6.07) is 23.4. The van der Waals surface area contributed by atoms with Gasteiger partial charge in [0.05, 0.1) is 36.9 Å². The number of thioether (sulfide) groups is 1. The van der Waals surface area contributed by atoms with Crippen molar-refractivity contribution in [1.29, 1.82) is 0 Å². The van der Waals surface area contributed by atoms with E-state index in [0.717, 1.165) is 17.3 Å². The molecule has 2 N–H and O–H groups in total. The summed E-state index contributed by atoms with van der Waals surface area (Å²) in [6.45, 7) is 0. The maximum atomic E-state index is 13.7. The van der Waals surface area contributed by atoms with Crippen LogP contribution in [0.25, 0.3) is 5.69 Å². The lowest BCUT2D eigenvalue weighted by Gasteiger charge is -2.17. The standard InChI is InChI=1S/C27H25N3O5S/c1-34-22-14-8-6-12-20(22)28-24(31)17-36-27-29-25(32)19(16-18-10-4-3-5-11-18)26(33)30(27)21-13-7-9-15-23(21)35-2/h3-15,32H,16-17H2,1-2H3,(H,28,31). The van der Waals surface area contributed by atoms with Gasteiger partial charge in [-0.1, -0.05) is 66.4 Å². The molecule has 0 atom stereocenters. The highest BCUT2D eigenvalue weighted by Gasteiger charge is 2.21. The van der Waals surface area contributed by atoms with Crippen molar-refractivity contribution in [3.8, 4) is 23.1 Å². The van der Waals surface area contributed by atoms with Crippen molar-refractivity contribution in [2.75, 3.05) is 25.3 Å². The molecule has 3 aromatic carbocycles. The third-order valence-corrected chi connectivity index (χ3v) is 6.33. The van der Waals surface area contributed by atoms with E-state index in [1.54, 1.807) is 48.5 Å². The minimum atomic E-state index is -0.441. The molecule has 0 fully saturated rings. The van der Waals surface area contributed by atoms with E-state index < -0.39 is 5.56 Å². The van der Waals surface area contributed by atoms with Crippen molar-refractivity contribution < 1.29 is 19.4 Å². The zero-order valence-electron chi connectivity index (χ0n) is 19.8. The van der Waals surface area contributed by atoms with E-state index in [1.807, 2.05) is 30.3 Å². The Morgan fingerprint density at radius 3 is 2.31 bits per heavy atom. The number of carbonyl (C=O) groups excluding carboxylic acids is 1. The first-order chi connectivity index (χ1) is 17.5. The fraction of sp³-hybridized carbons (Fsp3) is 0.148. The summed E-state index contributed by atoms with van der Waals surface area (Å²) in [5.41, 5.74) is 1.55. The van der Waals surface area contributed by atoms with Crippen LogP contribution in [0.4, 0.5) is 5.69 Å². The Balaban J connectivity index is 1.70. The molecule has 0 saturated heterocycles. The van der Waals surface area contributed by atoms with Gasteiger partial charge in [0.25, 0.3) is 5.56 Å². The van der Waals surface area contributed by atoms with Crippen molar-refractivity contribution in [1.82, 2.24) is 9.55 Å². The zero-order chi connectivity index (χ0) is 25.5. The molecular weight excluding hydrogens is 478 g/mol. The first-order valence-corrected chi connectivity index (χ1v) is 12.1. The third-order valence-electron chi connectivity index (χ3n) is 5.39. The summed E-state index contributed by atoms with van der Waals surface area (Å²) in [6.07, 6.45) is 0.201. The van der Waals surface area contributed by atoms with Crippen LogP contribution in [0.5, 0.6) is 17.4 Å². The largest absolute Gasteiger partial charge is 0.495 e. The van der Waals surface area contributed by atoms with Crippen LogP contribution in [-0.4, -0.2) is 40.5 Å². The number of nitrogens with one attached hydrogen (secondary N) is 1. The van der Waals surface area contributed by atoms with Crippen LogP contribution in [0.1, 0.15) is 11.1 Å². The van der Waals surface area contributed by atoms with E-state index in [0.29, 0.717) is 22.9 Å². The van der Waals surface area contributed by atoms with Gasteiger partial charge in [0.15, 0.2) is 5.16 Å². The normalized spacial score (nSPS) is 10.6. The molecule has 0 aliphatic heterocycles. The minimum absolute atomic E-state index is 0.0584. The molecule has 0 aliphatic rings. The second kappa shape index (κ2) is 11.5. The Bertz CT molecular complexity index is 1420. The maximum Gasteiger partial charge on any atom is 0.266 e. The molecule has 184 valence electrons. The smallest absolute Gasteiger partial charge is 0.266 e. The van der Waals surface area contributed by atoms with E-state index in [2.05, 4.69) is 10.3 Å². The molecule has 1 heterocycles. The number of aromatic nitrogens is 2. The minimum Gasteiger partial charge on any atom is -0.495 e. The molecule has 36 heavy (non-hydrogen) atoms. The number of nitrogens with zero attached hydrogens (tertiary/aromatic N) is 2. The van der Waals surface area contributed by atoms with Crippen molar-refractivity contribution in [2.45, 2.75) is 11.6 Å².